The van der Waals surface area contributed by atoms with Crippen molar-refractivity contribution in [2.45, 2.75) is 40.2 Å². The highest BCUT2D eigenvalue weighted by atomic mass is 19.3. The molecule has 1 saturated carbocycles. The first-order valence-electron chi connectivity index (χ1n) is 13.0. The second kappa shape index (κ2) is 9.29. The van der Waals surface area contributed by atoms with Crippen molar-refractivity contribution in [3.63, 3.8) is 0 Å². The maximum absolute atomic E-state index is 12.9. The summed E-state index contributed by atoms with van der Waals surface area (Å²) in [5.41, 5.74) is 4.24. The van der Waals surface area contributed by atoms with E-state index in [-0.39, 0.29) is 17.1 Å². The van der Waals surface area contributed by atoms with E-state index >= 15 is 0 Å². The molecule has 0 amide bonds. The molecule has 202 valence electrons. The van der Waals surface area contributed by atoms with Crippen LogP contribution >= 0.6 is 0 Å². The number of rotatable bonds is 8. The average molecular weight is 534 g/mol. The molecule has 10 heteroatoms. The van der Waals surface area contributed by atoms with Crippen LogP contribution in [-0.2, 0) is 16.0 Å². The zero-order valence-corrected chi connectivity index (χ0v) is 22.0. The van der Waals surface area contributed by atoms with Gasteiger partial charge in [-0.3, -0.25) is 4.79 Å². The minimum atomic E-state index is -2.89. The van der Waals surface area contributed by atoms with Gasteiger partial charge in [-0.05, 0) is 38.5 Å². The summed E-state index contributed by atoms with van der Waals surface area (Å²) in [6, 6.07) is 10.7. The molecule has 4 aromatic rings. The summed E-state index contributed by atoms with van der Waals surface area (Å²) in [7, 11) is 0. The summed E-state index contributed by atoms with van der Waals surface area (Å²) in [5, 5.41) is 0. The lowest BCUT2D eigenvalue weighted by Gasteiger charge is -2.20. The maximum atomic E-state index is 12.9. The quantitative estimate of drug-likeness (QED) is 0.293. The van der Waals surface area contributed by atoms with Gasteiger partial charge in [0.15, 0.2) is 0 Å². The minimum absolute atomic E-state index is 0.110. The van der Waals surface area contributed by atoms with Gasteiger partial charge >= 0.3 is 12.6 Å². The molecule has 1 aliphatic carbocycles. The number of hydrogen-bond acceptors (Lipinski definition) is 7. The van der Waals surface area contributed by atoms with E-state index in [1.807, 2.05) is 36.6 Å². The number of halogens is 2. The number of esters is 1. The molecule has 39 heavy (non-hydrogen) atoms. The zero-order valence-electron chi connectivity index (χ0n) is 22.0. The Morgan fingerprint density at radius 2 is 1.87 bits per heavy atom. The Labute approximate surface area is 224 Å². The Morgan fingerprint density at radius 3 is 2.62 bits per heavy atom. The van der Waals surface area contributed by atoms with Gasteiger partial charge in [-0.25, -0.2) is 15.0 Å². The summed E-state index contributed by atoms with van der Waals surface area (Å²) >= 11 is 0. The largest absolute Gasteiger partial charge is 0.465 e. The van der Waals surface area contributed by atoms with Crippen LogP contribution in [0.25, 0.3) is 16.8 Å². The van der Waals surface area contributed by atoms with Crippen molar-refractivity contribution < 1.29 is 23.0 Å². The first-order valence-corrected chi connectivity index (χ1v) is 13.0. The summed E-state index contributed by atoms with van der Waals surface area (Å²) < 4.78 is 37.9. The van der Waals surface area contributed by atoms with Crippen molar-refractivity contribution in [1.82, 2.24) is 19.4 Å². The van der Waals surface area contributed by atoms with E-state index in [4.69, 9.17) is 9.47 Å². The molecular formula is C29H29F2N5O3. The standard InChI is InChI=1S/C29H29F2N5O3/c1-4-38-25(37)29-15-28(29,3)16-35(17-29)27-32-12-21(13-33-27)20-9-10-24-34-18(2)22(36(24)14-20)11-19-7-5-6-8-23(19)39-26(30)31/h5-10,12-14,26H,4,11,15-17H2,1-3H3. The molecule has 0 spiro atoms. The van der Waals surface area contributed by atoms with Crippen LogP contribution in [0.4, 0.5) is 14.7 Å². The predicted octanol–water partition coefficient (Wildman–Crippen LogP) is 5.07. The van der Waals surface area contributed by atoms with Crippen LogP contribution in [0.2, 0.25) is 0 Å². The minimum Gasteiger partial charge on any atom is -0.465 e. The van der Waals surface area contributed by atoms with Crippen LogP contribution < -0.4 is 9.64 Å². The predicted molar refractivity (Wildman–Crippen MR) is 141 cm³/mol. The number of para-hydroxylation sites is 1. The highest BCUT2D eigenvalue weighted by Crippen LogP contribution is 2.68. The van der Waals surface area contributed by atoms with E-state index in [9.17, 15) is 13.6 Å². The Morgan fingerprint density at radius 1 is 1.10 bits per heavy atom. The van der Waals surface area contributed by atoms with Gasteiger partial charge in [0.2, 0.25) is 5.95 Å². The molecule has 2 aliphatic rings. The molecule has 1 aliphatic heterocycles. The number of aromatic nitrogens is 4. The van der Waals surface area contributed by atoms with E-state index < -0.39 is 12.0 Å². The van der Waals surface area contributed by atoms with Crippen molar-refractivity contribution >= 4 is 17.6 Å². The van der Waals surface area contributed by atoms with Gasteiger partial charge in [0.05, 0.1) is 17.7 Å². The molecular weight excluding hydrogens is 504 g/mol. The van der Waals surface area contributed by atoms with Crippen LogP contribution in [-0.4, -0.2) is 51.6 Å². The lowest BCUT2D eigenvalue weighted by atomic mass is 9.99. The van der Waals surface area contributed by atoms with Gasteiger partial charge in [0.1, 0.15) is 11.4 Å². The number of benzene rings is 1. The smallest absolute Gasteiger partial charge is 0.387 e. The number of fused-ring (bicyclic) bond motifs is 2. The number of piperidine rings is 1. The molecule has 2 fully saturated rings. The van der Waals surface area contributed by atoms with E-state index in [0.29, 0.717) is 37.6 Å². The third-order valence-corrected chi connectivity index (χ3v) is 8.11. The average Bonchev–Trinajstić information content (AvgIpc) is 3.21. The zero-order chi connectivity index (χ0) is 27.4. The number of anilines is 1. The van der Waals surface area contributed by atoms with Crippen molar-refractivity contribution in [1.29, 1.82) is 0 Å². The van der Waals surface area contributed by atoms with E-state index in [1.165, 1.54) is 0 Å². The Bertz CT molecular complexity index is 1560. The van der Waals surface area contributed by atoms with Gasteiger partial charge in [0.25, 0.3) is 0 Å². The normalized spacial score (nSPS) is 21.8. The molecule has 2 atom stereocenters. The third kappa shape index (κ3) is 4.27. The Balaban J connectivity index is 1.25. The highest BCUT2D eigenvalue weighted by molar-refractivity contribution is 5.84. The number of carbonyl (C=O) groups is 1. The number of carbonyl (C=O) groups excluding carboxylic acids is 1. The fourth-order valence-electron chi connectivity index (χ4n) is 5.94. The molecule has 1 aromatic carbocycles. The molecule has 2 unspecified atom stereocenters. The number of imidazole rings is 1. The van der Waals surface area contributed by atoms with Gasteiger partial charge in [-0.2, -0.15) is 8.78 Å². The molecule has 3 aromatic heterocycles. The molecule has 4 heterocycles. The summed E-state index contributed by atoms with van der Waals surface area (Å²) in [5.74, 6) is 0.613. The number of pyridine rings is 1. The Hall–Kier alpha value is -4.08. The Kier molecular flexibility index (Phi) is 6.00. The molecule has 6 rings (SSSR count). The first kappa shape index (κ1) is 25.2. The second-order valence-electron chi connectivity index (χ2n) is 10.6. The van der Waals surface area contributed by atoms with Crippen molar-refractivity contribution in [2.24, 2.45) is 10.8 Å². The topological polar surface area (TPSA) is 81.8 Å². The third-order valence-electron chi connectivity index (χ3n) is 8.11. The van der Waals surface area contributed by atoms with Crippen LogP contribution in [0.1, 0.15) is 37.2 Å². The molecule has 0 bridgehead atoms. The van der Waals surface area contributed by atoms with Gasteiger partial charge in [-0.1, -0.05) is 25.1 Å². The lowest BCUT2D eigenvalue weighted by Crippen LogP contribution is -2.30. The van der Waals surface area contributed by atoms with Crippen LogP contribution in [0, 0.1) is 17.8 Å². The molecule has 0 N–H and O–H groups in total. The molecule has 8 nitrogen and oxygen atoms in total. The van der Waals surface area contributed by atoms with Crippen molar-refractivity contribution in [3.05, 3.63) is 71.9 Å². The number of hydrogen-bond donors (Lipinski definition) is 0. The summed E-state index contributed by atoms with van der Waals surface area (Å²) in [6.45, 7) is 4.61. The number of nitrogens with zero attached hydrogens (tertiary/aromatic N) is 5. The van der Waals surface area contributed by atoms with Crippen LogP contribution in [0.5, 0.6) is 5.75 Å². The van der Waals surface area contributed by atoms with Crippen LogP contribution in [0.15, 0.2) is 55.0 Å². The summed E-state index contributed by atoms with van der Waals surface area (Å²) in [4.78, 5) is 28.6. The van der Waals surface area contributed by atoms with Crippen molar-refractivity contribution in [3.8, 4) is 16.9 Å². The van der Waals surface area contributed by atoms with Gasteiger partial charge < -0.3 is 18.8 Å². The van der Waals surface area contributed by atoms with E-state index in [2.05, 4.69) is 26.8 Å². The first-order chi connectivity index (χ1) is 18.7. The van der Waals surface area contributed by atoms with E-state index in [0.717, 1.165) is 34.6 Å². The van der Waals surface area contributed by atoms with Gasteiger partial charge in [-0.15, -0.1) is 0 Å². The van der Waals surface area contributed by atoms with Crippen LogP contribution in [0.3, 0.4) is 0 Å². The SMILES string of the molecule is CCOC(=O)C12CN(c3ncc(-c4ccc5nc(C)c(Cc6ccccc6OC(F)F)n5c4)cn3)CC1(C)C2. The number of aryl methyl sites for hydroxylation is 1. The molecule has 0 radical (unpaired) electrons. The fraction of sp³-hybridized carbons (Fsp3) is 0.379. The van der Waals surface area contributed by atoms with Gasteiger partial charge in [0, 0.05) is 65.9 Å². The number of ether oxygens (including phenoxy) is 2. The maximum Gasteiger partial charge on any atom is 0.387 e. The fourth-order valence-corrected chi connectivity index (χ4v) is 5.94. The number of alkyl halides is 2. The van der Waals surface area contributed by atoms with E-state index in [1.54, 1.807) is 36.7 Å². The lowest BCUT2D eigenvalue weighted by molar-refractivity contribution is -0.150. The monoisotopic (exact) mass is 533 g/mol. The molecule has 1 saturated heterocycles. The highest BCUT2D eigenvalue weighted by Gasteiger charge is 2.74. The second-order valence-corrected chi connectivity index (χ2v) is 10.6. The summed E-state index contributed by atoms with van der Waals surface area (Å²) in [6.07, 6.45) is 6.73. The van der Waals surface area contributed by atoms with Crippen molar-refractivity contribution in [2.75, 3.05) is 24.6 Å².